The number of aryl methyl sites for hydroxylation is 3. The van der Waals surface area contributed by atoms with Crippen molar-refractivity contribution in [2.24, 2.45) is 0 Å². The molecule has 3 aromatic rings. The zero-order chi connectivity index (χ0) is 21.1. The van der Waals surface area contributed by atoms with Crippen LogP contribution in [-0.4, -0.2) is 28.0 Å². The largest absolute Gasteiger partial charge is 0.452 e. The molecule has 0 bridgehead atoms. The summed E-state index contributed by atoms with van der Waals surface area (Å²) < 4.78 is 7.12. The first kappa shape index (κ1) is 20.3. The second kappa shape index (κ2) is 8.27. The predicted molar refractivity (Wildman–Crippen MR) is 110 cm³/mol. The molecule has 0 radical (unpaired) electrons. The number of anilines is 1. The molecule has 0 aliphatic heterocycles. The number of nitro groups is 1. The van der Waals surface area contributed by atoms with E-state index < -0.39 is 23.4 Å². The molecule has 2 aromatic heterocycles. The van der Waals surface area contributed by atoms with Crippen LogP contribution in [0.5, 0.6) is 0 Å². The van der Waals surface area contributed by atoms with Gasteiger partial charge in [-0.05, 0) is 49.9 Å². The lowest BCUT2D eigenvalue weighted by Crippen LogP contribution is -2.21. The molecule has 0 saturated heterocycles. The number of benzene rings is 1. The number of hydrogen-bond donors (Lipinski definition) is 1. The maximum Gasteiger partial charge on any atom is 0.341 e. The van der Waals surface area contributed by atoms with Crippen LogP contribution in [0.3, 0.4) is 0 Å². The minimum absolute atomic E-state index is 0.136. The Hall–Kier alpha value is -3.46. The third kappa shape index (κ3) is 4.35. The van der Waals surface area contributed by atoms with Crippen molar-refractivity contribution >= 4 is 34.6 Å². The number of aromatic nitrogens is 1. The first-order chi connectivity index (χ1) is 13.8. The molecule has 2 heterocycles. The topological polar surface area (TPSA) is 103 Å². The Morgan fingerprint density at radius 1 is 1.14 bits per heavy atom. The molecule has 0 spiro atoms. The summed E-state index contributed by atoms with van der Waals surface area (Å²) >= 11 is 1.40. The highest BCUT2D eigenvalue weighted by molar-refractivity contribution is 7.13. The van der Waals surface area contributed by atoms with Crippen LogP contribution in [0.25, 0.3) is 5.00 Å². The normalized spacial score (nSPS) is 10.6. The highest BCUT2D eigenvalue weighted by Crippen LogP contribution is 2.26. The van der Waals surface area contributed by atoms with Crippen molar-refractivity contribution in [1.82, 2.24) is 4.57 Å². The van der Waals surface area contributed by atoms with E-state index in [4.69, 9.17) is 4.74 Å². The Morgan fingerprint density at radius 3 is 2.48 bits per heavy atom. The summed E-state index contributed by atoms with van der Waals surface area (Å²) in [6.07, 6.45) is 0. The number of rotatable bonds is 6. The van der Waals surface area contributed by atoms with Gasteiger partial charge in [-0.1, -0.05) is 6.07 Å². The van der Waals surface area contributed by atoms with Crippen molar-refractivity contribution in [2.75, 3.05) is 11.9 Å². The number of esters is 1. The Balaban J connectivity index is 1.68. The SMILES string of the molecule is Cc1ccc([N+](=O)[O-])cc1NC(=O)COC(=O)c1ccsc1-n1c(C)ccc1C. The van der Waals surface area contributed by atoms with Crippen LogP contribution in [0.2, 0.25) is 0 Å². The van der Waals surface area contributed by atoms with Crippen molar-refractivity contribution < 1.29 is 19.2 Å². The fourth-order valence-corrected chi connectivity index (χ4v) is 3.88. The van der Waals surface area contributed by atoms with Crippen molar-refractivity contribution in [3.8, 4) is 5.00 Å². The van der Waals surface area contributed by atoms with Crippen LogP contribution in [0.15, 0.2) is 41.8 Å². The van der Waals surface area contributed by atoms with Crippen molar-refractivity contribution in [3.63, 3.8) is 0 Å². The van der Waals surface area contributed by atoms with Crippen molar-refractivity contribution in [1.29, 1.82) is 0 Å². The Morgan fingerprint density at radius 2 is 1.83 bits per heavy atom. The Kier molecular flexibility index (Phi) is 5.79. The molecule has 29 heavy (non-hydrogen) atoms. The highest BCUT2D eigenvalue weighted by atomic mass is 32.1. The van der Waals surface area contributed by atoms with E-state index in [-0.39, 0.29) is 5.69 Å². The minimum Gasteiger partial charge on any atom is -0.452 e. The van der Waals surface area contributed by atoms with E-state index >= 15 is 0 Å². The van der Waals surface area contributed by atoms with E-state index in [9.17, 15) is 19.7 Å². The maximum atomic E-state index is 12.5. The summed E-state index contributed by atoms with van der Waals surface area (Å²) in [6.45, 7) is 5.10. The van der Waals surface area contributed by atoms with Crippen LogP contribution < -0.4 is 5.32 Å². The van der Waals surface area contributed by atoms with Gasteiger partial charge in [-0.2, -0.15) is 0 Å². The van der Waals surface area contributed by atoms with E-state index in [1.807, 2.05) is 30.5 Å². The van der Waals surface area contributed by atoms with E-state index in [0.717, 1.165) is 16.4 Å². The molecule has 9 heteroatoms. The van der Waals surface area contributed by atoms with E-state index in [1.165, 1.54) is 23.5 Å². The summed E-state index contributed by atoms with van der Waals surface area (Å²) in [6, 6.07) is 9.74. The van der Waals surface area contributed by atoms with Crippen LogP contribution in [-0.2, 0) is 9.53 Å². The van der Waals surface area contributed by atoms with E-state index in [0.29, 0.717) is 16.8 Å². The number of nitrogens with one attached hydrogen (secondary N) is 1. The maximum absolute atomic E-state index is 12.5. The van der Waals surface area contributed by atoms with Gasteiger partial charge in [0.25, 0.3) is 11.6 Å². The van der Waals surface area contributed by atoms with Crippen LogP contribution in [0.1, 0.15) is 27.3 Å². The minimum atomic E-state index is -0.611. The summed E-state index contributed by atoms with van der Waals surface area (Å²) in [4.78, 5) is 35.0. The molecule has 0 fully saturated rings. The zero-order valence-corrected chi connectivity index (χ0v) is 16.9. The molecule has 3 rings (SSSR count). The Bertz CT molecular complexity index is 1080. The number of amides is 1. The molecule has 1 N–H and O–H groups in total. The number of nitro benzene ring substituents is 1. The van der Waals surface area contributed by atoms with Gasteiger partial charge in [0.15, 0.2) is 6.61 Å². The summed E-state index contributed by atoms with van der Waals surface area (Å²) in [7, 11) is 0. The summed E-state index contributed by atoms with van der Waals surface area (Å²) in [5.41, 5.74) is 3.17. The lowest BCUT2D eigenvalue weighted by atomic mass is 10.2. The molecule has 1 amide bonds. The van der Waals surface area contributed by atoms with Gasteiger partial charge in [0, 0.05) is 23.5 Å². The quantitative estimate of drug-likeness (QED) is 0.371. The third-order valence-corrected chi connectivity index (χ3v) is 5.28. The molecule has 1 aromatic carbocycles. The van der Waals surface area contributed by atoms with Crippen LogP contribution >= 0.6 is 11.3 Å². The average Bonchev–Trinajstić information content (AvgIpc) is 3.27. The number of thiophene rings is 1. The summed E-state index contributed by atoms with van der Waals surface area (Å²) in [5.74, 6) is -1.19. The number of hydrogen-bond acceptors (Lipinski definition) is 6. The number of nitrogens with zero attached hydrogens (tertiary/aromatic N) is 2. The molecule has 0 aliphatic rings. The number of non-ortho nitro benzene ring substituents is 1. The molecule has 150 valence electrons. The van der Waals surface area contributed by atoms with Gasteiger partial charge < -0.3 is 14.6 Å². The molecule has 0 aliphatic carbocycles. The third-order valence-electron chi connectivity index (χ3n) is 4.38. The number of carbonyl (C=O) groups is 2. The van der Waals surface area contributed by atoms with Crippen molar-refractivity contribution in [2.45, 2.75) is 20.8 Å². The number of carbonyl (C=O) groups excluding carboxylic acids is 2. The van der Waals surface area contributed by atoms with Gasteiger partial charge in [0.2, 0.25) is 0 Å². The zero-order valence-electron chi connectivity index (χ0n) is 16.1. The molecule has 0 unspecified atom stereocenters. The van der Waals surface area contributed by atoms with Crippen LogP contribution in [0.4, 0.5) is 11.4 Å². The molecule has 8 nitrogen and oxygen atoms in total. The molecule has 0 saturated carbocycles. The monoisotopic (exact) mass is 413 g/mol. The van der Waals surface area contributed by atoms with Gasteiger partial charge in [-0.15, -0.1) is 11.3 Å². The van der Waals surface area contributed by atoms with Gasteiger partial charge in [0.05, 0.1) is 16.2 Å². The number of ether oxygens (including phenoxy) is 1. The van der Waals surface area contributed by atoms with Gasteiger partial charge in [-0.25, -0.2) is 4.79 Å². The highest BCUT2D eigenvalue weighted by Gasteiger charge is 2.19. The van der Waals surface area contributed by atoms with Gasteiger partial charge in [-0.3, -0.25) is 14.9 Å². The van der Waals surface area contributed by atoms with E-state index in [2.05, 4.69) is 5.32 Å². The fraction of sp³-hybridized carbons (Fsp3) is 0.200. The average molecular weight is 413 g/mol. The van der Waals surface area contributed by atoms with E-state index in [1.54, 1.807) is 24.4 Å². The second-order valence-corrected chi connectivity index (χ2v) is 7.37. The standard InChI is InChI=1S/C20H19N3O5S/c1-12-4-7-15(23(26)27)10-17(12)21-18(24)11-28-20(25)16-8-9-29-19(16)22-13(2)5-6-14(22)3/h4-10H,11H2,1-3H3,(H,21,24). The molecular weight excluding hydrogens is 394 g/mol. The summed E-state index contributed by atoms with van der Waals surface area (Å²) in [5, 5.41) is 16.0. The molecular formula is C20H19N3O5S. The molecule has 0 atom stereocenters. The van der Waals surface area contributed by atoms with Gasteiger partial charge >= 0.3 is 5.97 Å². The first-order valence-electron chi connectivity index (χ1n) is 8.72. The smallest absolute Gasteiger partial charge is 0.341 e. The van der Waals surface area contributed by atoms with Gasteiger partial charge in [0.1, 0.15) is 5.00 Å². The van der Waals surface area contributed by atoms with Crippen LogP contribution in [0, 0.1) is 30.9 Å². The lowest BCUT2D eigenvalue weighted by Gasteiger charge is -2.11. The fourth-order valence-electron chi connectivity index (χ4n) is 2.87. The Labute approximate surface area is 170 Å². The first-order valence-corrected chi connectivity index (χ1v) is 9.60. The second-order valence-electron chi connectivity index (χ2n) is 6.47. The van der Waals surface area contributed by atoms with Crippen molar-refractivity contribution in [3.05, 3.63) is 74.4 Å². The lowest BCUT2D eigenvalue weighted by molar-refractivity contribution is -0.384. The predicted octanol–water partition coefficient (Wildman–Crippen LogP) is 4.17.